The van der Waals surface area contributed by atoms with Crippen LogP contribution >= 0.6 is 15.9 Å². The molecule has 1 aliphatic heterocycles. The van der Waals surface area contributed by atoms with Crippen LogP contribution in [0.15, 0.2) is 22.8 Å². The first-order chi connectivity index (χ1) is 9.70. The molecule has 2 rings (SSSR count). The minimum Gasteiger partial charge on any atom is -0.442 e. The smallest absolute Gasteiger partial charge is 0.434 e. The van der Waals surface area contributed by atoms with E-state index in [1.54, 1.807) is 39.1 Å². The molecule has 0 aliphatic carbocycles. The van der Waals surface area contributed by atoms with Crippen molar-refractivity contribution in [3.8, 4) is 0 Å². The van der Waals surface area contributed by atoms with Crippen LogP contribution in [0.25, 0.3) is 0 Å². The maximum absolute atomic E-state index is 12.0. The van der Waals surface area contributed by atoms with Gasteiger partial charge in [0.25, 0.3) is 0 Å². The number of nitrogens with zero attached hydrogens (tertiary/aromatic N) is 2. The third-order valence-electron chi connectivity index (χ3n) is 2.97. The van der Waals surface area contributed by atoms with Gasteiger partial charge in [0.05, 0.1) is 18.8 Å². The summed E-state index contributed by atoms with van der Waals surface area (Å²) in [6.07, 6.45) is 1.36. The molecule has 1 aliphatic rings. The molecule has 2 heterocycles. The SMILES string of the molecule is CC(C)(C)OC(=O)N1CC(O)(c2ccc(Br)cn2)CCO1. The summed E-state index contributed by atoms with van der Waals surface area (Å²) < 4.78 is 6.07. The fraction of sp³-hybridized carbons (Fsp3) is 0.571. The highest BCUT2D eigenvalue weighted by Gasteiger charge is 2.40. The molecular weight excluding hydrogens is 340 g/mol. The lowest BCUT2D eigenvalue weighted by Crippen LogP contribution is -2.50. The molecule has 116 valence electrons. The van der Waals surface area contributed by atoms with Crippen molar-refractivity contribution in [1.82, 2.24) is 10.0 Å². The van der Waals surface area contributed by atoms with Gasteiger partial charge < -0.3 is 9.84 Å². The minimum atomic E-state index is -1.24. The van der Waals surface area contributed by atoms with Crippen LogP contribution in [0.4, 0.5) is 4.79 Å². The monoisotopic (exact) mass is 358 g/mol. The van der Waals surface area contributed by atoms with Gasteiger partial charge in [0.2, 0.25) is 0 Å². The Morgan fingerprint density at radius 1 is 1.52 bits per heavy atom. The summed E-state index contributed by atoms with van der Waals surface area (Å²) in [5.74, 6) is 0. The molecule has 0 bridgehead atoms. The van der Waals surface area contributed by atoms with Crippen molar-refractivity contribution in [3.05, 3.63) is 28.5 Å². The lowest BCUT2D eigenvalue weighted by atomic mass is 9.94. The highest BCUT2D eigenvalue weighted by molar-refractivity contribution is 9.10. The second-order valence-electron chi connectivity index (χ2n) is 5.99. The number of carbonyl (C=O) groups excluding carboxylic acids is 1. The molecular formula is C14H19BrN2O4. The first kappa shape index (κ1) is 16.2. The highest BCUT2D eigenvalue weighted by atomic mass is 79.9. The van der Waals surface area contributed by atoms with Gasteiger partial charge in [-0.2, -0.15) is 5.06 Å². The van der Waals surface area contributed by atoms with Crippen LogP contribution in [-0.4, -0.2) is 40.0 Å². The van der Waals surface area contributed by atoms with E-state index in [-0.39, 0.29) is 13.2 Å². The highest BCUT2D eigenvalue weighted by Crippen LogP contribution is 2.30. The van der Waals surface area contributed by atoms with Crippen molar-refractivity contribution in [2.24, 2.45) is 0 Å². The number of ether oxygens (including phenoxy) is 1. The molecule has 1 N–H and O–H groups in total. The van der Waals surface area contributed by atoms with Gasteiger partial charge in [0.15, 0.2) is 0 Å². The Balaban J connectivity index is 2.12. The largest absolute Gasteiger partial charge is 0.442 e. The summed E-state index contributed by atoms with van der Waals surface area (Å²) >= 11 is 3.30. The van der Waals surface area contributed by atoms with E-state index in [2.05, 4.69) is 20.9 Å². The zero-order chi connectivity index (χ0) is 15.7. The Labute approximate surface area is 132 Å². The normalized spacial score (nSPS) is 23.0. The molecule has 0 saturated carbocycles. The van der Waals surface area contributed by atoms with Crippen LogP contribution in [0.5, 0.6) is 0 Å². The van der Waals surface area contributed by atoms with E-state index in [1.165, 1.54) is 0 Å². The molecule has 7 heteroatoms. The lowest BCUT2D eigenvalue weighted by Gasteiger charge is -2.38. The molecule has 0 radical (unpaired) electrons. The second-order valence-corrected chi connectivity index (χ2v) is 6.91. The fourth-order valence-corrected chi connectivity index (χ4v) is 2.21. The molecule has 1 aromatic rings. The van der Waals surface area contributed by atoms with E-state index < -0.39 is 17.3 Å². The van der Waals surface area contributed by atoms with Crippen LogP contribution in [0.1, 0.15) is 32.9 Å². The molecule has 1 aromatic heterocycles. The molecule has 21 heavy (non-hydrogen) atoms. The number of halogens is 1. The molecule has 1 amide bonds. The van der Waals surface area contributed by atoms with Crippen molar-refractivity contribution in [2.45, 2.75) is 38.4 Å². The number of rotatable bonds is 1. The summed E-state index contributed by atoms with van der Waals surface area (Å²) in [5.41, 5.74) is -1.36. The van der Waals surface area contributed by atoms with Gasteiger partial charge >= 0.3 is 6.09 Å². The predicted molar refractivity (Wildman–Crippen MR) is 79.3 cm³/mol. The maximum atomic E-state index is 12.0. The maximum Gasteiger partial charge on any atom is 0.434 e. The molecule has 1 fully saturated rings. The van der Waals surface area contributed by atoms with Gasteiger partial charge in [-0.1, -0.05) is 0 Å². The number of β-amino-alcohol motifs (C(OH)–C–C–N with tert-alkyl or cyclic N) is 1. The number of amides is 1. The first-order valence-electron chi connectivity index (χ1n) is 6.67. The molecule has 1 saturated heterocycles. The van der Waals surface area contributed by atoms with Crippen LogP contribution < -0.4 is 0 Å². The number of hydroxylamine groups is 2. The molecule has 1 atom stereocenters. The Morgan fingerprint density at radius 2 is 2.24 bits per heavy atom. The summed E-state index contributed by atoms with van der Waals surface area (Å²) in [4.78, 5) is 21.5. The van der Waals surface area contributed by atoms with E-state index in [0.29, 0.717) is 12.1 Å². The summed E-state index contributed by atoms with van der Waals surface area (Å²) in [7, 11) is 0. The van der Waals surface area contributed by atoms with Crippen molar-refractivity contribution < 1.29 is 19.5 Å². The van der Waals surface area contributed by atoms with E-state index >= 15 is 0 Å². The number of hydrogen-bond acceptors (Lipinski definition) is 5. The standard InChI is InChI=1S/C14H19BrN2O4/c1-13(2,3)21-12(18)17-9-14(19,6-7-20-17)11-5-4-10(15)8-16-11/h4-5,8,19H,6-7,9H2,1-3H3. The second kappa shape index (κ2) is 5.90. The van der Waals surface area contributed by atoms with Crippen LogP contribution in [0.3, 0.4) is 0 Å². The zero-order valence-electron chi connectivity index (χ0n) is 12.3. The predicted octanol–water partition coefficient (Wildman–Crippen LogP) is 2.60. The number of carbonyl (C=O) groups is 1. The van der Waals surface area contributed by atoms with Crippen LogP contribution in [0.2, 0.25) is 0 Å². The van der Waals surface area contributed by atoms with E-state index in [1.807, 2.05) is 0 Å². The third kappa shape index (κ3) is 4.15. The van der Waals surface area contributed by atoms with E-state index in [0.717, 1.165) is 9.54 Å². The number of hydrogen-bond donors (Lipinski definition) is 1. The number of pyridine rings is 1. The van der Waals surface area contributed by atoms with Crippen molar-refractivity contribution in [2.75, 3.05) is 13.2 Å². The first-order valence-corrected chi connectivity index (χ1v) is 7.47. The number of aliphatic hydroxyl groups is 1. The fourth-order valence-electron chi connectivity index (χ4n) is 1.98. The lowest BCUT2D eigenvalue weighted by molar-refractivity contribution is -0.220. The zero-order valence-corrected chi connectivity index (χ0v) is 13.9. The van der Waals surface area contributed by atoms with Crippen molar-refractivity contribution in [3.63, 3.8) is 0 Å². The number of aromatic nitrogens is 1. The van der Waals surface area contributed by atoms with Gasteiger partial charge in [0, 0.05) is 17.1 Å². The Morgan fingerprint density at radius 3 is 2.81 bits per heavy atom. The Kier molecular flexibility index (Phi) is 4.55. The summed E-state index contributed by atoms with van der Waals surface area (Å²) in [5, 5.41) is 11.8. The van der Waals surface area contributed by atoms with E-state index in [9.17, 15) is 9.90 Å². The minimum absolute atomic E-state index is 0.0173. The third-order valence-corrected chi connectivity index (χ3v) is 3.44. The topological polar surface area (TPSA) is 71.9 Å². The van der Waals surface area contributed by atoms with E-state index in [4.69, 9.17) is 9.57 Å². The van der Waals surface area contributed by atoms with Gasteiger partial charge in [-0.15, -0.1) is 0 Å². The van der Waals surface area contributed by atoms with Crippen molar-refractivity contribution in [1.29, 1.82) is 0 Å². The molecule has 0 spiro atoms. The molecule has 1 unspecified atom stereocenters. The Bertz CT molecular complexity index is 515. The van der Waals surface area contributed by atoms with Gasteiger partial charge in [-0.25, -0.2) is 4.79 Å². The van der Waals surface area contributed by atoms with Crippen molar-refractivity contribution >= 4 is 22.0 Å². The van der Waals surface area contributed by atoms with Crippen LogP contribution in [-0.2, 0) is 15.2 Å². The van der Waals surface area contributed by atoms with Gasteiger partial charge in [-0.05, 0) is 48.8 Å². The summed E-state index contributed by atoms with van der Waals surface area (Å²) in [6, 6.07) is 3.52. The summed E-state index contributed by atoms with van der Waals surface area (Å²) in [6.45, 7) is 5.52. The average molecular weight is 359 g/mol. The van der Waals surface area contributed by atoms with Gasteiger partial charge in [0.1, 0.15) is 11.2 Å². The van der Waals surface area contributed by atoms with Gasteiger partial charge in [-0.3, -0.25) is 9.82 Å². The van der Waals surface area contributed by atoms with Crippen LogP contribution in [0, 0.1) is 0 Å². The average Bonchev–Trinajstić information content (AvgIpc) is 2.37. The Hall–Kier alpha value is -1.18. The molecule has 6 nitrogen and oxygen atoms in total. The molecule has 0 aromatic carbocycles. The quantitative estimate of drug-likeness (QED) is 0.835.